The Hall–Kier alpha value is -2.71. The summed E-state index contributed by atoms with van der Waals surface area (Å²) in [5.74, 6) is 1.38. The average molecular weight is 415 g/mol. The lowest BCUT2D eigenvalue weighted by molar-refractivity contribution is -0.116. The van der Waals surface area contributed by atoms with Crippen molar-refractivity contribution in [3.63, 3.8) is 0 Å². The molecule has 2 aromatic heterocycles. The van der Waals surface area contributed by atoms with Crippen LogP contribution < -0.4 is 14.8 Å². The third kappa shape index (κ3) is 4.40. The molecule has 6 nitrogen and oxygen atoms in total. The van der Waals surface area contributed by atoms with E-state index in [-0.39, 0.29) is 18.1 Å². The van der Waals surface area contributed by atoms with Crippen molar-refractivity contribution in [3.05, 3.63) is 46.0 Å². The number of anilines is 1. The summed E-state index contributed by atoms with van der Waals surface area (Å²) in [6.45, 7) is 1.09. The second-order valence-corrected chi connectivity index (χ2v) is 8.00. The van der Waals surface area contributed by atoms with Gasteiger partial charge in [-0.05, 0) is 36.1 Å². The molecule has 0 radical (unpaired) electrons. The first-order valence-electron chi connectivity index (χ1n) is 8.91. The number of Topliss-reactive ketones (excluding diaryl/α,β-unsaturated/α-hetero) is 1. The maximum absolute atomic E-state index is 12.1. The molecule has 144 valence electrons. The molecule has 0 saturated heterocycles. The van der Waals surface area contributed by atoms with Crippen molar-refractivity contribution in [3.8, 4) is 22.8 Å². The van der Waals surface area contributed by atoms with Gasteiger partial charge in [-0.2, -0.15) is 0 Å². The Morgan fingerprint density at radius 1 is 1.07 bits per heavy atom. The summed E-state index contributed by atoms with van der Waals surface area (Å²) in [4.78, 5) is 29.3. The number of nitrogens with zero attached hydrogens (tertiary/aromatic N) is 1. The van der Waals surface area contributed by atoms with Crippen LogP contribution in [-0.2, 0) is 4.79 Å². The molecule has 1 aliphatic rings. The first-order valence-corrected chi connectivity index (χ1v) is 10.7. The summed E-state index contributed by atoms with van der Waals surface area (Å²) in [5, 5.41) is 7.11. The van der Waals surface area contributed by atoms with Gasteiger partial charge in [0, 0.05) is 23.8 Å². The molecule has 3 heterocycles. The number of carbonyl (C=O) groups is 2. The zero-order valence-corrected chi connectivity index (χ0v) is 16.6. The van der Waals surface area contributed by atoms with E-state index in [0.29, 0.717) is 36.9 Å². The van der Waals surface area contributed by atoms with Gasteiger partial charge in [-0.15, -0.1) is 22.7 Å². The Morgan fingerprint density at radius 3 is 2.75 bits per heavy atom. The predicted molar refractivity (Wildman–Crippen MR) is 110 cm³/mol. The van der Waals surface area contributed by atoms with Crippen LogP contribution in [0.25, 0.3) is 11.3 Å². The molecule has 28 heavy (non-hydrogen) atoms. The summed E-state index contributed by atoms with van der Waals surface area (Å²) >= 11 is 2.79. The summed E-state index contributed by atoms with van der Waals surface area (Å²) in [7, 11) is 0. The van der Waals surface area contributed by atoms with Crippen molar-refractivity contribution in [2.75, 3.05) is 18.5 Å². The minimum Gasteiger partial charge on any atom is -0.486 e. The van der Waals surface area contributed by atoms with E-state index in [1.807, 2.05) is 41.1 Å². The largest absolute Gasteiger partial charge is 0.486 e. The number of benzene rings is 1. The second kappa shape index (κ2) is 8.53. The molecular formula is C20H18N2O4S2. The van der Waals surface area contributed by atoms with Gasteiger partial charge in [0.05, 0.1) is 10.6 Å². The number of ether oxygens (including phenoxy) is 2. The van der Waals surface area contributed by atoms with Crippen LogP contribution in [0, 0.1) is 0 Å². The van der Waals surface area contributed by atoms with Crippen molar-refractivity contribution >= 4 is 39.5 Å². The minimum atomic E-state index is -0.137. The SMILES string of the molecule is O=C(CCCC(=O)c1cccs1)Nc1nc(-c2ccc3c(c2)OCCO3)cs1. The quantitative estimate of drug-likeness (QED) is 0.570. The fourth-order valence-corrected chi connectivity index (χ4v) is 4.25. The number of rotatable bonds is 7. The van der Waals surface area contributed by atoms with Crippen LogP contribution >= 0.6 is 22.7 Å². The minimum absolute atomic E-state index is 0.0814. The van der Waals surface area contributed by atoms with Crippen LogP contribution in [0.3, 0.4) is 0 Å². The van der Waals surface area contributed by atoms with Crippen LogP contribution in [0.1, 0.15) is 28.9 Å². The van der Waals surface area contributed by atoms with Crippen molar-refractivity contribution in [1.82, 2.24) is 4.98 Å². The lowest BCUT2D eigenvalue weighted by Crippen LogP contribution is -2.15. The van der Waals surface area contributed by atoms with Gasteiger partial charge in [0.1, 0.15) is 13.2 Å². The highest BCUT2D eigenvalue weighted by Gasteiger charge is 2.15. The van der Waals surface area contributed by atoms with Crippen molar-refractivity contribution in [2.24, 2.45) is 0 Å². The lowest BCUT2D eigenvalue weighted by atomic mass is 10.1. The number of nitrogens with one attached hydrogen (secondary N) is 1. The Kier molecular flexibility index (Phi) is 5.68. The fraction of sp³-hybridized carbons (Fsp3) is 0.250. The fourth-order valence-electron chi connectivity index (χ4n) is 2.82. The molecule has 8 heteroatoms. The molecule has 1 aliphatic heterocycles. The van der Waals surface area contributed by atoms with Crippen LogP contribution in [0.5, 0.6) is 11.5 Å². The van der Waals surface area contributed by atoms with Crippen LogP contribution in [0.4, 0.5) is 5.13 Å². The highest BCUT2D eigenvalue weighted by Crippen LogP contribution is 2.35. The molecule has 1 N–H and O–H groups in total. The van der Waals surface area contributed by atoms with Gasteiger partial charge in [-0.25, -0.2) is 4.98 Å². The van der Waals surface area contributed by atoms with Gasteiger partial charge >= 0.3 is 0 Å². The molecule has 0 saturated carbocycles. The van der Waals surface area contributed by atoms with Crippen LogP contribution in [-0.4, -0.2) is 29.9 Å². The van der Waals surface area contributed by atoms with E-state index in [1.165, 1.54) is 22.7 Å². The molecule has 1 amide bonds. The highest BCUT2D eigenvalue weighted by atomic mass is 32.1. The molecule has 0 aliphatic carbocycles. The lowest BCUT2D eigenvalue weighted by Gasteiger charge is -2.18. The third-order valence-electron chi connectivity index (χ3n) is 4.19. The van der Waals surface area contributed by atoms with Crippen molar-refractivity contribution in [2.45, 2.75) is 19.3 Å². The topological polar surface area (TPSA) is 77.5 Å². The number of hydrogen-bond acceptors (Lipinski definition) is 7. The molecule has 0 spiro atoms. The predicted octanol–water partition coefficient (Wildman–Crippen LogP) is 4.63. The number of thiophene rings is 1. The van der Waals surface area contributed by atoms with Crippen molar-refractivity contribution in [1.29, 1.82) is 0 Å². The third-order valence-corrected chi connectivity index (χ3v) is 5.86. The first-order chi connectivity index (χ1) is 13.7. The van der Waals surface area contributed by atoms with Gasteiger partial charge < -0.3 is 14.8 Å². The monoisotopic (exact) mass is 414 g/mol. The Balaban J connectivity index is 1.30. The molecule has 3 aromatic rings. The van der Waals surface area contributed by atoms with Gasteiger partial charge in [0.25, 0.3) is 0 Å². The van der Waals surface area contributed by atoms with Gasteiger partial charge in [-0.3, -0.25) is 9.59 Å². The summed E-state index contributed by atoms with van der Waals surface area (Å²) in [6.07, 6.45) is 1.17. The number of aromatic nitrogens is 1. The van der Waals surface area contributed by atoms with E-state index >= 15 is 0 Å². The van der Waals surface area contributed by atoms with Gasteiger partial charge in [0.15, 0.2) is 22.4 Å². The van der Waals surface area contributed by atoms with E-state index in [2.05, 4.69) is 10.3 Å². The maximum atomic E-state index is 12.1. The van der Waals surface area contributed by atoms with Crippen LogP contribution in [0.2, 0.25) is 0 Å². The van der Waals surface area contributed by atoms with E-state index in [4.69, 9.17) is 9.47 Å². The molecular weight excluding hydrogens is 396 g/mol. The Morgan fingerprint density at radius 2 is 1.93 bits per heavy atom. The number of fused-ring (bicyclic) bond motifs is 1. The summed E-state index contributed by atoms with van der Waals surface area (Å²) in [5.41, 5.74) is 1.67. The Bertz CT molecular complexity index is 982. The zero-order valence-electron chi connectivity index (χ0n) is 15.0. The smallest absolute Gasteiger partial charge is 0.226 e. The van der Waals surface area contributed by atoms with E-state index < -0.39 is 0 Å². The molecule has 0 atom stereocenters. The number of amides is 1. The van der Waals surface area contributed by atoms with E-state index in [0.717, 1.165) is 21.9 Å². The zero-order chi connectivity index (χ0) is 19.3. The van der Waals surface area contributed by atoms with Gasteiger partial charge in [-0.1, -0.05) is 6.07 Å². The number of thiazole rings is 1. The summed E-state index contributed by atoms with van der Waals surface area (Å²) < 4.78 is 11.1. The number of carbonyl (C=O) groups excluding carboxylic acids is 2. The molecule has 0 unspecified atom stereocenters. The first kappa shape index (κ1) is 18.6. The highest BCUT2D eigenvalue weighted by molar-refractivity contribution is 7.14. The molecule has 4 rings (SSSR count). The summed E-state index contributed by atoms with van der Waals surface area (Å²) in [6, 6.07) is 9.34. The Labute approximate surface area is 170 Å². The number of ketones is 1. The normalized spacial score (nSPS) is 12.6. The average Bonchev–Trinajstić information content (AvgIpc) is 3.40. The molecule has 0 fully saturated rings. The molecule has 0 bridgehead atoms. The standard InChI is InChI=1S/C20H18N2O4S2/c23-15(18-4-2-10-27-18)3-1-5-19(24)22-20-21-14(12-28-20)13-6-7-16-17(11-13)26-9-8-25-16/h2,4,6-7,10-12H,1,3,5,8-9H2,(H,21,22,24). The maximum Gasteiger partial charge on any atom is 0.226 e. The van der Waals surface area contributed by atoms with Crippen molar-refractivity contribution < 1.29 is 19.1 Å². The van der Waals surface area contributed by atoms with E-state index in [9.17, 15) is 9.59 Å². The number of hydrogen-bond donors (Lipinski definition) is 1. The van der Waals surface area contributed by atoms with Gasteiger partial charge in [0.2, 0.25) is 5.91 Å². The van der Waals surface area contributed by atoms with Crippen LogP contribution in [0.15, 0.2) is 41.1 Å². The molecule has 1 aromatic carbocycles. The van der Waals surface area contributed by atoms with E-state index in [1.54, 1.807) is 0 Å². The second-order valence-electron chi connectivity index (χ2n) is 6.20.